The largest absolute Gasteiger partial charge is 0.372 e. The molecule has 1 fully saturated rings. The van der Waals surface area contributed by atoms with Gasteiger partial charge < -0.3 is 10.2 Å². The Morgan fingerprint density at radius 3 is 2.82 bits per heavy atom. The molecule has 0 saturated heterocycles. The van der Waals surface area contributed by atoms with Crippen LogP contribution in [0.3, 0.4) is 0 Å². The number of carbonyl (C=O) groups is 1. The van der Waals surface area contributed by atoms with Crippen molar-refractivity contribution < 1.29 is 4.79 Å². The van der Waals surface area contributed by atoms with E-state index in [1.54, 1.807) is 18.1 Å². The SMILES string of the molecule is CNc1cncc(C(=O)N(C)C(C)C2CC2)n1. The lowest BCUT2D eigenvalue weighted by Gasteiger charge is -2.24. The molecule has 5 heteroatoms. The Bertz CT molecular complexity index is 417. The molecule has 1 heterocycles. The van der Waals surface area contributed by atoms with Gasteiger partial charge in [-0.15, -0.1) is 0 Å². The summed E-state index contributed by atoms with van der Waals surface area (Å²) in [5.41, 5.74) is 0.395. The highest BCUT2D eigenvalue weighted by Crippen LogP contribution is 2.34. The molecule has 2 rings (SSSR count). The third kappa shape index (κ3) is 2.54. The molecule has 1 aromatic heterocycles. The number of carbonyl (C=O) groups excluding carboxylic acids is 1. The highest BCUT2D eigenvalue weighted by molar-refractivity contribution is 5.92. The fourth-order valence-electron chi connectivity index (χ4n) is 1.85. The van der Waals surface area contributed by atoms with Gasteiger partial charge in [-0.1, -0.05) is 0 Å². The number of anilines is 1. The summed E-state index contributed by atoms with van der Waals surface area (Å²) in [5, 5.41) is 2.88. The molecule has 1 aromatic rings. The summed E-state index contributed by atoms with van der Waals surface area (Å²) in [7, 11) is 3.59. The number of hydrogen-bond donors (Lipinski definition) is 1. The Kier molecular flexibility index (Phi) is 3.26. The van der Waals surface area contributed by atoms with E-state index in [0.29, 0.717) is 17.4 Å². The molecule has 1 aliphatic rings. The minimum Gasteiger partial charge on any atom is -0.372 e. The van der Waals surface area contributed by atoms with E-state index >= 15 is 0 Å². The average Bonchev–Trinajstić information content (AvgIpc) is 3.20. The Labute approximate surface area is 101 Å². The van der Waals surface area contributed by atoms with Gasteiger partial charge in [0.1, 0.15) is 11.5 Å². The Hall–Kier alpha value is -1.65. The van der Waals surface area contributed by atoms with E-state index in [1.165, 1.54) is 19.0 Å². The van der Waals surface area contributed by atoms with Crippen molar-refractivity contribution in [3.05, 3.63) is 18.1 Å². The molecule has 17 heavy (non-hydrogen) atoms. The molecule has 0 aliphatic heterocycles. The average molecular weight is 234 g/mol. The molecule has 0 bridgehead atoms. The van der Waals surface area contributed by atoms with E-state index in [-0.39, 0.29) is 11.9 Å². The van der Waals surface area contributed by atoms with E-state index < -0.39 is 0 Å². The van der Waals surface area contributed by atoms with Crippen LogP contribution < -0.4 is 5.32 Å². The highest BCUT2D eigenvalue weighted by atomic mass is 16.2. The zero-order chi connectivity index (χ0) is 12.4. The van der Waals surface area contributed by atoms with Crippen LogP contribution in [0.15, 0.2) is 12.4 Å². The fraction of sp³-hybridized carbons (Fsp3) is 0.583. The lowest BCUT2D eigenvalue weighted by atomic mass is 10.2. The third-order valence-corrected chi connectivity index (χ3v) is 3.35. The van der Waals surface area contributed by atoms with Crippen molar-refractivity contribution in [2.24, 2.45) is 5.92 Å². The predicted molar refractivity (Wildman–Crippen MR) is 65.9 cm³/mol. The second kappa shape index (κ2) is 4.69. The van der Waals surface area contributed by atoms with Crippen molar-refractivity contribution in [1.82, 2.24) is 14.9 Å². The van der Waals surface area contributed by atoms with Gasteiger partial charge in [0.2, 0.25) is 0 Å². The topological polar surface area (TPSA) is 58.1 Å². The lowest BCUT2D eigenvalue weighted by molar-refractivity contribution is 0.0721. The van der Waals surface area contributed by atoms with E-state index in [0.717, 1.165) is 0 Å². The minimum atomic E-state index is -0.0611. The van der Waals surface area contributed by atoms with Crippen LogP contribution in [0.2, 0.25) is 0 Å². The molecule has 1 N–H and O–H groups in total. The van der Waals surface area contributed by atoms with Gasteiger partial charge in [-0.2, -0.15) is 0 Å². The number of aromatic nitrogens is 2. The van der Waals surface area contributed by atoms with E-state index in [2.05, 4.69) is 22.2 Å². The number of amides is 1. The predicted octanol–water partition coefficient (Wildman–Crippen LogP) is 1.39. The monoisotopic (exact) mass is 234 g/mol. The number of rotatable bonds is 4. The molecule has 1 atom stereocenters. The molecule has 1 saturated carbocycles. The Morgan fingerprint density at radius 2 is 2.24 bits per heavy atom. The molecule has 0 radical (unpaired) electrons. The van der Waals surface area contributed by atoms with E-state index in [9.17, 15) is 4.79 Å². The minimum absolute atomic E-state index is 0.0611. The third-order valence-electron chi connectivity index (χ3n) is 3.35. The van der Waals surface area contributed by atoms with Gasteiger partial charge in [-0.25, -0.2) is 4.98 Å². The van der Waals surface area contributed by atoms with Crippen molar-refractivity contribution in [3.8, 4) is 0 Å². The molecular formula is C12H18N4O. The fourth-order valence-corrected chi connectivity index (χ4v) is 1.85. The van der Waals surface area contributed by atoms with Crippen LogP contribution in [0.5, 0.6) is 0 Å². The Balaban J connectivity index is 2.11. The van der Waals surface area contributed by atoms with Gasteiger partial charge in [0.05, 0.1) is 12.4 Å². The molecule has 0 aromatic carbocycles. The molecule has 5 nitrogen and oxygen atoms in total. The molecule has 92 valence electrons. The summed E-state index contributed by atoms with van der Waals surface area (Å²) in [6.45, 7) is 2.09. The summed E-state index contributed by atoms with van der Waals surface area (Å²) >= 11 is 0. The van der Waals surface area contributed by atoms with Gasteiger partial charge in [0.25, 0.3) is 5.91 Å². The number of hydrogen-bond acceptors (Lipinski definition) is 4. The van der Waals surface area contributed by atoms with E-state index in [1.807, 2.05) is 7.05 Å². The number of nitrogens with one attached hydrogen (secondary N) is 1. The summed E-state index contributed by atoms with van der Waals surface area (Å²) < 4.78 is 0. The zero-order valence-electron chi connectivity index (χ0n) is 10.5. The first-order valence-electron chi connectivity index (χ1n) is 5.90. The summed E-state index contributed by atoms with van der Waals surface area (Å²) in [4.78, 5) is 22.2. The van der Waals surface area contributed by atoms with Gasteiger partial charge in [-0.3, -0.25) is 9.78 Å². The first kappa shape index (κ1) is 11.8. The molecule has 1 amide bonds. The van der Waals surface area contributed by atoms with Crippen LogP contribution in [0.25, 0.3) is 0 Å². The normalized spacial score (nSPS) is 16.4. The van der Waals surface area contributed by atoms with Crippen LogP contribution >= 0.6 is 0 Å². The first-order chi connectivity index (χ1) is 8.13. The van der Waals surface area contributed by atoms with Crippen molar-refractivity contribution in [2.75, 3.05) is 19.4 Å². The standard InChI is InChI=1S/C12H18N4O/c1-8(9-4-5-9)16(3)12(17)10-6-14-7-11(13-2)15-10/h6-9H,4-5H2,1-3H3,(H,13,15). The zero-order valence-corrected chi connectivity index (χ0v) is 10.5. The van der Waals surface area contributed by atoms with Crippen molar-refractivity contribution in [1.29, 1.82) is 0 Å². The maximum absolute atomic E-state index is 12.2. The van der Waals surface area contributed by atoms with Crippen LogP contribution in [0.4, 0.5) is 5.82 Å². The van der Waals surface area contributed by atoms with Gasteiger partial charge in [0.15, 0.2) is 0 Å². The Morgan fingerprint density at radius 1 is 1.53 bits per heavy atom. The smallest absolute Gasteiger partial charge is 0.274 e. The first-order valence-corrected chi connectivity index (χ1v) is 5.90. The second-order valence-electron chi connectivity index (χ2n) is 4.53. The second-order valence-corrected chi connectivity index (χ2v) is 4.53. The number of nitrogens with zero attached hydrogens (tertiary/aromatic N) is 3. The van der Waals surface area contributed by atoms with Crippen LogP contribution in [0.1, 0.15) is 30.3 Å². The maximum Gasteiger partial charge on any atom is 0.274 e. The summed E-state index contributed by atoms with van der Waals surface area (Å²) in [6.07, 6.45) is 5.56. The van der Waals surface area contributed by atoms with Crippen molar-refractivity contribution >= 4 is 11.7 Å². The highest BCUT2D eigenvalue weighted by Gasteiger charge is 2.33. The van der Waals surface area contributed by atoms with Gasteiger partial charge >= 0.3 is 0 Å². The molecule has 0 spiro atoms. The van der Waals surface area contributed by atoms with Crippen LogP contribution in [-0.2, 0) is 0 Å². The van der Waals surface area contributed by atoms with Gasteiger partial charge in [0, 0.05) is 20.1 Å². The van der Waals surface area contributed by atoms with Crippen LogP contribution in [-0.4, -0.2) is 40.9 Å². The van der Waals surface area contributed by atoms with Crippen molar-refractivity contribution in [2.45, 2.75) is 25.8 Å². The van der Waals surface area contributed by atoms with Crippen LogP contribution in [0, 0.1) is 5.92 Å². The van der Waals surface area contributed by atoms with Crippen molar-refractivity contribution in [3.63, 3.8) is 0 Å². The lowest BCUT2D eigenvalue weighted by Crippen LogP contribution is -2.37. The molecule has 1 unspecified atom stereocenters. The molecular weight excluding hydrogens is 216 g/mol. The maximum atomic E-state index is 12.2. The quantitative estimate of drug-likeness (QED) is 0.855. The summed E-state index contributed by atoms with van der Waals surface area (Å²) in [5.74, 6) is 1.21. The van der Waals surface area contributed by atoms with E-state index in [4.69, 9.17) is 0 Å². The summed E-state index contributed by atoms with van der Waals surface area (Å²) in [6, 6.07) is 0.280. The van der Waals surface area contributed by atoms with Gasteiger partial charge in [-0.05, 0) is 25.7 Å². The molecule has 1 aliphatic carbocycles.